The van der Waals surface area contributed by atoms with Gasteiger partial charge >= 0.3 is 0 Å². The van der Waals surface area contributed by atoms with E-state index >= 15 is 0 Å². The first-order valence-electron chi connectivity index (χ1n) is 4.35. The van der Waals surface area contributed by atoms with Gasteiger partial charge in [0.1, 0.15) is 6.26 Å². The molecule has 0 amide bonds. The molecule has 74 valence electrons. The molecule has 6 heteroatoms. The Bertz CT molecular complexity index is 598. The van der Waals surface area contributed by atoms with E-state index in [4.69, 9.17) is 10.3 Å². The van der Waals surface area contributed by atoms with Gasteiger partial charge in [-0.25, -0.2) is 0 Å². The maximum absolute atomic E-state index is 5.69. The molecule has 0 atom stereocenters. The molecule has 3 heterocycles. The first-order chi connectivity index (χ1) is 7.34. The molecule has 3 aromatic rings. The zero-order chi connectivity index (χ0) is 10.3. The van der Waals surface area contributed by atoms with E-state index in [-0.39, 0.29) is 0 Å². The molecule has 0 radical (unpaired) electrons. The molecule has 15 heavy (non-hydrogen) atoms. The Morgan fingerprint density at radius 1 is 1.20 bits per heavy atom. The Balaban J connectivity index is 2.32. The summed E-state index contributed by atoms with van der Waals surface area (Å²) in [4.78, 5) is 0. The number of rotatable bonds is 1. The van der Waals surface area contributed by atoms with Gasteiger partial charge < -0.3 is 10.3 Å². The van der Waals surface area contributed by atoms with Crippen molar-refractivity contribution >= 4 is 11.3 Å². The lowest BCUT2D eigenvalue weighted by Crippen LogP contribution is -1.92. The lowest BCUT2D eigenvalue weighted by atomic mass is 10.4. The molecule has 3 aromatic heterocycles. The minimum Gasteiger partial charge on any atom is -0.398 e. The lowest BCUT2D eigenvalue weighted by molar-refractivity contribution is 0.421. The van der Waals surface area contributed by atoms with Crippen LogP contribution in [0.15, 0.2) is 35.2 Å². The van der Waals surface area contributed by atoms with E-state index < -0.39 is 0 Å². The van der Waals surface area contributed by atoms with Crippen LogP contribution in [0.2, 0.25) is 0 Å². The second-order valence-corrected chi connectivity index (χ2v) is 3.10. The summed E-state index contributed by atoms with van der Waals surface area (Å²) < 4.78 is 6.53. The Morgan fingerprint density at radius 2 is 2.13 bits per heavy atom. The average molecular weight is 201 g/mol. The summed E-state index contributed by atoms with van der Waals surface area (Å²) in [6.45, 7) is 0. The molecule has 2 N–H and O–H groups in total. The smallest absolute Gasteiger partial charge is 0.190 e. The molecule has 0 saturated carbocycles. The van der Waals surface area contributed by atoms with Gasteiger partial charge in [-0.2, -0.15) is 0 Å². The Kier molecular flexibility index (Phi) is 1.49. The fourth-order valence-electron chi connectivity index (χ4n) is 1.41. The van der Waals surface area contributed by atoms with E-state index in [0.29, 0.717) is 17.2 Å². The molecule has 0 unspecified atom stereocenters. The first kappa shape index (κ1) is 7.98. The van der Waals surface area contributed by atoms with Gasteiger partial charge in [0, 0.05) is 18.0 Å². The summed E-state index contributed by atoms with van der Waals surface area (Å²) in [5.74, 6) is 0.617. The number of hydrogen-bond acceptors (Lipinski definition) is 5. The molecule has 0 saturated heterocycles. The maximum Gasteiger partial charge on any atom is 0.190 e. The number of anilines is 1. The molecule has 0 fully saturated rings. The molecule has 3 rings (SSSR count). The standard InChI is InChI=1S/C9H7N5O/c10-6-1-2-8-11-12-9(14(8)5-6)7-3-4-15-13-7/h1-5H,10H2. The largest absolute Gasteiger partial charge is 0.398 e. The number of hydrogen-bond donors (Lipinski definition) is 1. The summed E-state index contributed by atoms with van der Waals surface area (Å²) in [6.07, 6.45) is 3.24. The normalized spacial score (nSPS) is 10.9. The maximum atomic E-state index is 5.69. The van der Waals surface area contributed by atoms with Gasteiger partial charge in [0.25, 0.3) is 0 Å². The number of nitrogens with zero attached hydrogens (tertiary/aromatic N) is 4. The summed E-state index contributed by atoms with van der Waals surface area (Å²) in [5, 5.41) is 11.8. The first-order valence-corrected chi connectivity index (χ1v) is 4.35. The zero-order valence-electron chi connectivity index (χ0n) is 7.66. The van der Waals surface area contributed by atoms with Gasteiger partial charge in [-0.3, -0.25) is 4.40 Å². The average Bonchev–Trinajstić information content (AvgIpc) is 2.83. The second kappa shape index (κ2) is 2.81. The highest BCUT2D eigenvalue weighted by molar-refractivity contribution is 5.57. The Hall–Kier alpha value is -2.37. The van der Waals surface area contributed by atoms with Crippen LogP contribution in [-0.2, 0) is 0 Å². The van der Waals surface area contributed by atoms with Crippen LogP contribution >= 0.6 is 0 Å². The van der Waals surface area contributed by atoms with Crippen LogP contribution in [0, 0.1) is 0 Å². The van der Waals surface area contributed by atoms with Crippen LogP contribution in [0.3, 0.4) is 0 Å². The van der Waals surface area contributed by atoms with Crippen LogP contribution in [0.5, 0.6) is 0 Å². The van der Waals surface area contributed by atoms with Gasteiger partial charge in [0.2, 0.25) is 0 Å². The Labute approximate surface area is 84.3 Å². The number of nitrogens with two attached hydrogens (primary N) is 1. The van der Waals surface area contributed by atoms with E-state index in [0.717, 1.165) is 5.65 Å². The molecular formula is C9H7N5O. The topological polar surface area (TPSA) is 82.2 Å². The van der Waals surface area contributed by atoms with Crippen LogP contribution in [-0.4, -0.2) is 19.8 Å². The van der Waals surface area contributed by atoms with Crippen molar-refractivity contribution in [3.05, 3.63) is 30.7 Å². The SMILES string of the molecule is Nc1ccc2nnc(-c3ccon3)n2c1. The van der Waals surface area contributed by atoms with Crippen molar-refractivity contribution in [2.75, 3.05) is 5.73 Å². The number of pyridine rings is 1. The van der Waals surface area contributed by atoms with Crippen LogP contribution in [0.1, 0.15) is 0 Å². The third-order valence-corrected chi connectivity index (χ3v) is 2.09. The van der Waals surface area contributed by atoms with E-state index in [1.54, 1.807) is 28.8 Å². The van der Waals surface area contributed by atoms with E-state index in [9.17, 15) is 0 Å². The van der Waals surface area contributed by atoms with Gasteiger partial charge in [-0.05, 0) is 12.1 Å². The van der Waals surface area contributed by atoms with Gasteiger partial charge in [0.15, 0.2) is 17.2 Å². The fourth-order valence-corrected chi connectivity index (χ4v) is 1.41. The summed E-state index contributed by atoms with van der Waals surface area (Å²) in [6, 6.07) is 5.29. The van der Waals surface area contributed by atoms with Crippen molar-refractivity contribution in [3.8, 4) is 11.5 Å². The molecular weight excluding hydrogens is 194 g/mol. The van der Waals surface area contributed by atoms with Gasteiger partial charge in [0.05, 0.1) is 0 Å². The summed E-state index contributed by atoms with van der Waals surface area (Å²) in [7, 11) is 0. The highest BCUT2D eigenvalue weighted by atomic mass is 16.5. The van der Waals surface area contributed by atoms with E-state index in [2.05, 4.69) is 15.4 Å². The molecule has 0 aliphatic carbocycles. The molecule has 0 aromatic carbocycles. The lowest BCUT2D eigenvalue weighted by Gasteiger charge is -1.96. The van der Waals surface area contributed by atoms with Crippen LogP contribution < -0.4 is 5.73 Å². The molecule has 6 nitrogen and oxygen atoms in total. The summed E-state index contributed by atoms with van der Waals surface area (Å²) in [5.41, 5.74) is 7.69. The predicted octanol–water partition coefficient (Wildman–Crippen LogP) is 0.966. The minimum absolute atomic E-state index is 0.617. The minimum atomic E-state index is 0.617. The number of aromatic nitrogens is 4. The fraction of sp³-hybridized carbons (Fsp3) is 0. The van der Waals surface area contributed by atoms with Gasteiger partial charge in [-0.1, -0.05) is 5.16 Å². The van der Waals surface area contributed by atoms with Crippen molar-refractivity contribution in [2.24, 2.45) is 0 Å². The number of fused-ring (bicyclic) bond motifs is 1. The zero-order valence-corrected chi connectivity index (χ0v) is 7.66. The monoisotopic (exact) mass is 201 g/mol. The molecule has 0 aliphatic rings. The predicted molar refractivity (Wildman–Crippen MR) is 52.9 cm³/mol. The highest BCUT2D eigenvalue weighted by Gasteiger charge is 2.10. The Morgan fingerprint density at radius 3 is 2.93 bits per heavy atom. The quantitative estimate of drug-likeness (QED) is 0.634. The molecule has 0 aliphatic heterocycles. The van der Waals surface area contributed by atoms with Crippen molar-refractivity contribution < 1.29 is 4.52 Å². The third kappa shape index (κ3) is 1.15. The number of nitrogen functional groups attached to an aromatic ring is 1. The van der Waals surface area contributed by atoms with Gasteiger partial charge in [-0.15, -0.1) is 10.2 Å². The van der Waals surface area contributed by atoms with E-state index in [1.807, 2.05) is 0 Å². The van der Waals surface area contributed by atoms with Crippen molar-refractivity contribution in [2.45, 2.75) is 0 Å². The van der Waals surface area contributed by atoms with Crippen molar-refractivity contribution in [1.82, 2.24) is 19.8 Å². The van der Waals surface area contributed by atoms with Crippen molar-refractivity contribution in [3.63, 3.8) is 0 Å². The third-order valence-electron chi connectivity index (χ3n) is 2.09. The second-order valence-electron chi connectivity index (χ2n) is 3.10. The molecule has 0 bridgehead atoms. The van der Waals surface area contributed by atoms with Crippen LogP contribution in [0.25, 0.3) is 17.2 Å². The van der Waals surface area contributed by atoms with Crippen molar-refractivity contribution in [1.29, 1.82) is 0 Å². The van der Waals surface area contributed by atoms with Crippen LogP contribution in [0.4, 0.5) is 5.69 Å². The molecule has 0 spiro atoms. The highest BCUT2D eigenvalue weighted by Crippen LogP contribution is 2.17. The summed E-state index contributed by atoms with van der Waals surface area (Å²) >= 11 is 0. The van der Waals surface area contributed by atoms with E-state index in [1.165, 1.54) is 6.26 Å².